The summed E-state index contributed by atoms with van der Waals surface area (Å²) in [7, 11) is 2.00. The van der Waals surface area contributed by atoms with Gasteiger partial charge < -0.3 is 5.32 Å². The summed E-state index contributed by atoms with van der Waals surface area (Å²) in [5, 5.41) is 3.39. The van der Waals surface area contributed by atoms with Gasteiger partial charge in [-0.25, -0.2) is 0 Å². The second-order valence-corrected chi connectivity index (χ2v) is 7.02. The van der Waals surface area contributed by atoms with Gasteiger partial charge in [-0.1, -0.05) is 59.9 Å². The minimum absolute atomic E-state index is 0.285. The molecule has 0 aliphatic carbocycles. The highest BCUT2D eigenvalue weighted by Gasteiger charge is 2.13. The topological polar surface area (TPSA) is 12.0 Å². The molecule has 0 radical (unpaired) electrons. The van der Waals surface area contributed by atoms with Crippen molar-refractivity contribution in [3.8, 4) is 0 Å². The maximum atomic E-state index is 3.63. The van der Waals surface area contributed by atoms with E-state index in [1.54, 1.807) is 0 Å². The van der Waals surface area contributed by atoms with Crippen LogP contribution >= 0.6 is 47.8 Å². The van der Waals surface area contributed by atoms with Crippen molar-refractivity contribution in [3.63, 3.8) is 0 Å². The quantitative estimate of drug-likeness (QED) is 0.654. The molecule has 0 bridgehead atoms. The lowest BCUT2D eigenvalue weighted by molar-refractivity contribution is 0.589. The Morgan fingerprint density at radius 1 is 0.947 bits per heavy atom. The number of rotatable bonds is 4. The number of halogens is 3. The molecule has 0 aromatic heterocycles. The fourth-order valence-electron chi connectivity index (χ4n) is 2.01. The average molecular weight is 448 g/mol. The predicted octanol–water partition coefficient (Wildman–Crippen LogP) is 5.48. The second-order valence-electron chi connectivity index (χ2n) is 4.34. The van der Waals surface area contributed by atoms with Gasteiger partial charge in [-0.3, -0.25) is 0 Å². The Labute approximate surface area is 139 Å². The van der Waals surface area contributed by atoms with E-state index < -0.39 is 0 Å². The van der Waals surface area contributed by atoms with Crippen molar-refractivity contribution in [2.24, 2.45) is 0 Å². The molecule has 1 atom stereocenters. The lowest BCUT2D eigenvalue weighted by Gasteiger charge is -2.19. The Morgan fingerprint density at radius 3 is 2.21 bits per heavy atom. The molecule has 4 heteroatoms. The fraction of sp³-hybridized carbons (Fsp3) is 0.200. The van der Waals surface area contributed by atoms with E-state index in [1.807, 2.05) is 13.1 Å². The summed E-state index contributed by atoms with van der Waals surface area (Å²) >= 11 is 10.6. The molecule has 0 saturated carbocycles. The van der Waals surface area contributed by atoms with Crippen LogP contribution in [0.1, 0.15) is 17.2 Å². The molecule has 1 unspecified atom stereocenters. The van der Waals surface area contributed by atoms with Crippen LogP contribution in [0.15, 0.2) is 55.9 Å². The Morgan fingerprint density at radius 2 is 1.58 bits per heavy atom. The van der Waals surface area contributed by atoms with Gasteiger partial charge in [-0.2, -0.15) is 0 Å². The zero-order chi connectivity index (χ0) is 13.8. The summed E-state index contributed by atoms with van der Waals surface area (Å²) in [5.74, 6) is 0. The van der Waals surface area contributed by atoms with Gasteiger partial charge in [0.05, 0.1) is 0 Å². The molecular weight excluding hydrogens is 434 g/mol. The van der Waals surface area contributed by atoms with Gasteiger partial charge in [0.2, 0.25) is 0 Å². The molecule has 2 aromatic carbocycles. The van der Waals surface area contributed by atoms with Crippen LogP contribution in [0.3, 0.4) is 0 Å². The molecular formula is C15H14Br3N. The molecule has 0 spiro atoms. The molecule has 1 nitrogen and oxygen atoms in total. The Balaban J connectivity index is 2.24. The minimum atomic E-state index is 0.285. The molecule has 19 heavy (non-hydrogen) atoms. The Bertz CT molecular complexity index is 552. The summed E-state index contributed by atoms with van der Waals surface area (Å²) in [6, 6.07) is 15.0. The summed E-state index contributed by atoms with van der Waals surface area (Å²) in [6.07, 6.45) is 0.957. The van der Waals surface area contributed by atoms with Crippen molar-refractivity contribution >= 4 is 47.8 Å². The van der Waals surface area contributed by atoms with Crippen LogP contribution in [0.5, 0.6) is 0 Å². The largest absolute Gasteiger partial charge is 0.313 e. The summed E-state index contributed by atoms with van der Waals surface area (Å²) < 4.78 is 3.34. The zero-order valence-electron chi connectivity index (χ0n) is 10.5. The molecule has 100 valence electrons. The van der Waals surface area contributed by atoms with E-state index >= 15 is 0 Å². The standard InChI is InChI=1S/C15H14Br3N/c1-19-15(8-10-2-4-11(16)5-3-10)13-9-12(17)6-7-14(13)18/h2-7,9,15,19H,8H2,1H3. The van der Waals surface area contributed by atoms with E-state index in [1.165, 1.54) is 11.1 Å². The van der Waals surface area contributed by atoms with Crippen LogP contribution in [0.4, 0.5) is 0 Å². The SMILES string of the molecule is CNC(Cc1ccc(Br)cc1)c1cc(Br)ccc1Br. The highest BCUT2D eigenvalue weighted by Crippen LogP contribution is 2.29. The molecule has 1 N–H and O–H groups in total. The molecule has 0 aliphatic rings. The van der Waals surface area contributed by atoms with Crippen LogP contribution in [-0.4, -0.2) is 7.05 Å². The third-order valence-corrected chi connectivity index (χ3v) is 4.78. The van der Waals surface area contributed by atoms with Crippen LogP contribution in [-0.2, 0) is 6.42 Å². The number of nitrogens with one attached hydrogen (secondary N) is 1. The predicted molar refractivity (Wildman–Crippen MR) is 91.5 cm³/mol. The lowest BCUT2D eigenvalue weighted by Crippen LogP contribution is -2.19. The van der Waals surface area contributed by atoms with E-state index in [2.05, 4.69) is 89.5 Å². The van der Waals surface area contributed by atoms with Gasteiger partial charge in [0.25, 0.3) is 0 Å². The molecule has 0 amide bonds. The van der Waals surface area contributed by atoms with Gasteiger partial charge in [-0.15, -0.1) is 0 Å². The monoisotopic (exact) mass is 445 g/mol. The van der Waals surface area contributed by atoms with Gasteiger partial charge >= 0.3 is 0 Å². The van der Waals surface area contributed by atoms with E-state index in [4.69, 9.17) is 0 Å². The maximum absolute atomic E-state index is 3.63. The van der Waals surface area contributed by atoms with Crippen LogP contribution < -0.4 is 5.32 Å². The first-order chi connectivity index (χ1) is 9.10. The first kappa shape index (κ1) is 15.2. The van der Waals surface area contributed by atoms with Crippen LogP contribution in [0.2, 0.25) is 0 Å². The van der Waals surface area contributed by atoms with E-state index in [9.17, 15) is 0 Å². The van der Waals surface area contributed by atoms with E-state index in [-0.39, 0.29) is 6.04 Å². The zero-order valence-corrected chi connectivity index (χ0v) is 15.2. The normalized spacial score (nSPS) is 12.4. The molecule has 0 fully saturated rings. The number of hydrogen-bond acceptors (Lipinski definition) is 1. The number of hydrogen-bond donors (Lipinski definition) is 1. The summed E-state index contributed by atoms with van der Waals surface area (Å²) in [5.41, 5.74) is 2.58. The fourth-order valence-corrected chi connectivity index (χ4v) is 3.17. The van der Waals surface area contributed by atoms with Gasteiger partial charge in [0.15, 0.2) is 0 Å². The number of benzene rings is 2. The Kier molecular flexibility index (Phi) is 5.63. The maximum Gasteiger partial charge on any atom is 0.0370 e. The van der Waals surface area contributed by atoms with Gasteiger partial charge in [0.1, 0.15) is 0 Å². The third-order valence-electron chi connectivity index (χ3n) is 3.04. The Hall–Kier alpha value is -0.160. The van der Waals surface area contributed by atoms with Crippen LogP contribution in [0, 0.1) is 0 Å². The molecule has 0 saturated heterocycles. The first-order valence-electron chi connectivity index (χ1n) is 5.97. The minimum Gasteiger partial charge on any atom is -0.313 e. The highest BCUT2D eigenvalue weighted by atomic mass is 79.9. The molecule has 2 rings (SSSR count). The van der Waals surface area contributed by atoms with E-state index in [0.29, 0.717) is 0 Å². The van der Waals surface area contributed by atoms with Gasteiger partial charge in [0, 0.05) is 19.5 Å². The lowest BCUT2D eigenvalue weighted by atomic mass is 9.99. The summed E-state index contributed by atoms with van der Waals surface area (Å²) in [4.78, 5) is 0. The second kappa shape index (κ2) is 7.02. The average Bonchev–Trinajstić information content (AvgIpc) is 2.41. The highest BCUT2D eigenvalue weighted by molar-refractivity contribution is 9.11. The summed E-state index contributed by atoms with van der Waals surface area (Å²) in [6.45, 7) is 0. The van der Waals surface area contributed by atoms with Crippen molar-refractivity contribution in [3.05, 3.63) is 67.0 Å². The number of likely N-dealkylation sites (N-methyl/N-ethyl adjacent to an activating group) is 1. The van der Waals surface area contributed by atoms with Crippen molar-refractivity contribution in [1.29, 1.82) is 0 Å². The van der Waals surface area contributed by atoms with Crippen molar-refractivity contribution in [1.82, 2.24) is 5.32 Å². The molecule has 0 aliphatic heterocycles. The first-order valence-corrected chi connectivity index (χ1v) is 8.34. The van der Waals surface area contributed by atoms with Gasteiger partial charge in [-0.05, 0) is 54.9 Å². The smallest absolute Gasteiger partial charge is 0.0370 e. The molecule has 0 heterocycles. The molecule has 2 aromatic rings. The third kappa shape index (κ3) is 4.15. The van der Waals surface area contributed by atoms with Crippen molar-refractivity contribution in [2.75, 3.05) is 7.05 Å². The van der Waals surface area contributed by atoms with Crippen molar-refractivity contribution < 1.29 is 0 Å². The van der Waals surface area contributed by atoms with Crippen LogP contribution in [0.25, 0.3) is 0 Å². The van der Waals surface area contributed by atoms with E-state index in [0.717, 1.165) is 19.8 Å². The van der Waals surface area contributed by atoms with Crippen molar-refractivity contribution in [2.45, 2.75) is 12.5 Å².